The van der Waals surface area contributed by atoms with E-state index in [2.05, 4.69) is 11.1 Å². The summed E-state index contributed by atoms with van der Waals surface area (Å²) >= 11 is 0. The number of imidazole rings is 1. The number of Topliss-reactive ketones (excluding diaryl/α,β-unsaturated/α-hetero) is 1. The minimum atomic E-state index is 0.102. The van der Waals surface area contributed by atoms with Crippen LogP contribution in [0.4, 0.5) is 0 Å². The van der Waals surface area contributed by atoms with Crippen molar-refractivity contribution in [3.05, 3.63) is 53.6 Å². The molecule has 74 valence electrons. The zero-order chi connectivity index (χ0) is 10.3. The molecule has 0 unspecified atom stereocenters. The largest absolute Gasteiger partial charge is 0.324 e. The average molecular weight is 198 g/mol. The van der Waals surface area contributed by atoms with Crippen LogP contribution in [0, 0.1) is 0 Å². The molecule has 3 rings (SSSR count). The average Bonchev–Trinajstić information content (AvgIpc) is 2.64. The van der Waals surface area contributed by atoms with Gasteiger partial charge in [0.1, 0.15) is 0 Å². The molecule has 0 bridgehead atoms. The lowest BCUT2D eigenvalue weighted by molar-refractivity contribution is 0.0981. The number of carbonyl (C=O) groups excluding carboxylic acids is 1. The first-order valence-corrected chi connectivity index (χ1v) is 4.96. The van der Waals surface area contributed by atoms with E-state index in [1.54, 1.807) is 6.20 Å². The molecule has 1 aromatic carbocycles. The van der Waals surface area contributed by atoms with E-state index in [4.69, 9.17) is 0 Å². The summed E-state index contributed by atoms with van der Waals surface area (Å²) in [4.78, 5) is 15.9. The zero-order valence-corrected chi connectivity index (χ0v) is 8.18. The molecule has 15 heavy (non-hydrogen) atoms. The first-order valence-electron chi connectivity index (χ1n) is 4.96. The van der Waals surface area contributed by atoms with Crippen LogP contribution in [-0.2, 0) is 13.0 Å². The van der Waals surface area contributed by atoms with Gasteiger partial charge in [0.2, 0.25) is 5.78 Å². The lowest BCUT2D eigenvalue weighted by Gasteiger charge is -2.04. The molecular formula is C12H10N2O. The highest BCUT2D eigenvalue weighted by Gasteiger charge is 2.19. The highest BCUT2D eigenvalue weighted by molar-refractivity contribution is 5.95. The number of carbonyl (C=O) groups is 1. The Labute approximate surface area is 87.4 Å². The molecule has 0 amide bonds. The Balaban J connectivity index is 2.18. The van der Waals surface area contributed by atoms with Crippen LogP contribution in [0.5, 0.6) is 0 Å². The zero-order valence-electron chi connectivity index (χ0n) is 8.18. The van der Waals surface area contributed by atoms with Gasteiger partial charge in [-0.05, 0) is 11.1 Å². The molecule has 3 nitrogen and oxygen atoms in total. The Kier molecular flexibility index (Phi) is 1.71. The van der Waals surface area contributed by atoms with Crippen LogP contribution in [0.3, 0.4) is 0 Å². The second kappa shape index (κ2) is 3.05. The van der Waals surface area contributed by atoms with E-state index in [1.165, 1.54) is 5.56 Å². The summed E-state index contributed by atoms with van der Waals surface area (Å²) in [5.74, 6) is 0.677. The molecule has 0 saturated carbocycles. The Morgan fingerprint density at radius 1 is 1.20 bits per heavy atom. The van der Waals surface area contributed by atoms with Gasteiger partial charge in [-0.3, -0.25) is 4.79 Å². The minimum absolute atomic E-state index is 0.102. The number of hydrogen-bond donors (Lipinski definition) is 0. The molecule has 0 atom stereocenters. The maximum Gasteiger partial charge on any atom is 0.202 e. The standard InChI is InChI=1S/C12H10N2O/c15-11-7-9-3-1-2-4-10(9)8-14-6-5-13-12(11)14/h1-6H,7-8H2. The number of fused-ring (bicyclic) bond motifs is 2. The van der Waals surface area contributed by atoms with Crippen molar-refractivity contribution in [2.75, 3.05) is 0 Å². The van der Waals surface area contributed by atoms with Gasteiger partial charge in [-0.25, -0.2) is 4.98 Å². The smallest absolute Gasteiger partial charge is 0.202 e. The van der Waals surface area contributed by atoms with Gasteiger partial charge in [-0.2, -0.15) is 0 Å². The van der Waals surface area contributed by atoms with Gasteiger partial charge < -0.3 is 4.57 Å². The van der Waals surface area contributed by atoms with E-state index in [9.17, 15) is 4.79 Å². The maximum absolute atomic E-state index is 11.8. The van der Waals surface area contributed by atoms with Crippen molar-refractivity contribution in [3.63, 3.8) is 0 Å². The molecule has 2 heterocycles. The molecule has 0 spiro atoms. The highest BCUT2D eigenvalue weighted by atomic mass is 16.1. The van der Waals surface area contributed by atoms with E-state index < -0.39 is 0 Å². The van der Waals surface area contributed by atoms with Crippen LogP contribution in [0.1, 0.15) is 21.7 Å². The van der Waals surface area contributed by atoms with Crippen molar-refractivity contribution in [2.24, 2.45) is 0 Å². The minimum Gasteiger partial charge on any atom is -0.324 e. The van der Waals surface area contributed by atoms with Crippen LogP contribution in [-0.4, -0.2) is 15.3 Å². The summed E-state index contributed by atoms with van der Waals surface area (Å²) in [5.41, 5.74) is 2.33. The van der Waals surface area contributed by atoms with Crippen molar-refractivity contribution < 1.29 is 4.79 Å². The van der Waals surface area contributed by atoms with Gasteiger partial charge in [0.05, 0.1) is 0 Å². The topological polar surface area (TPSA) is 34.9 Å². The predicted molar refractivity (Wildman–Crippen MR) is 55.8 cm³/mol. The number of ketones is 1. The first-order chi connectivity index (χ1) is 7.34. The van der Waals surface area contributed by atoms with Crippen LogP contribution in [0.15, 0.2) is 36.7 Å². The van der Waals surface area contributed by atoms with Gasteiger partial charge in [0.25, 0.3) is 0 Å². The highest BCUT2D eigenvalue weighted by Crippen LogP contribution is 2.18. The lowest BCUT2D eigenvalue weighted by Crippen LogP contribution is -2.07. The number of nitrogens with zero attached hydrogens (tertiary/aromatic N) is 2. The van der Waals surface area contributed by atoms with Crippen LogP contribution in [0.25, 0.3) is 0 Å². The number of benzene rings is 1. The maximum atomic E-state index is 11.8. The van der Waals surface area contributed by atoms with Crippen molar-refractivity contribution in [1.29, 1.82) is 0 Å². The van der Waals surface area contributed by atoms with Crippen LogP contribution >= 0.6 is 0 Å². The van der Waals surface area contributed by atoms with Crippen molar-refractivity contribution >= 4 is 5.78 Å². The van der Waals surface area contributed by atoms with Crippen molar-refractivity contribution in [2.45, 2.75) is 13.0 Å². The number of aromatic nitrogens is 2. The molecule has 0 saturated heterocycles. The SMILES string of the molecule is O=C1Cc2ccccc2Cn2ccnc21. The number of hydrogen-bond acceptors (Lipinski definition) is 2. The van der Waals surface area contributed by atoms with E-state index in [0.29, 0.717) is 12.2 Å². The van der Waals surface area contributed by atoms with E-state index in [-0.39, 0.29) is 5.78 Å². The summed E-state index contributed by atoms with van der Waals surface area (Å²) in [6.07, 6.45) is 4.00. The van der Waals surface area contributed by atoms with Gasteiger partial charge in [0.15, 0.2) is 5.82 Å². The van der Waals surface area contributed by atoms with Gasteiger partial charge in [-0.1, -0.05) is 24.3 Å². The van der Waals surface area contributed by atoms with E-state index >= 15 is 0 Å². The summed E-state index contributed by atoms with van der Waals surface area (Å²) in [6, 6.07) is 8.06. The molecular weight excluding hydrogens is 188 g/mol. The Morgan fingerprint density at radius 3 is 2.87 bits per heavy atom. The third kappa shape index (κ3) is 1.28. The fraction of sp³-hybridized carbons (Fsp3) is 0.167. The molecule has 1 aromatic heterocycles. The van der Waals surface area contributed by atoms with E-state index in [1.807, 2.05) is 29.0 Å². The molecule has 3 heteroatoms. The third-order valence-electron chi connectivity index (χ3n) is 2.77. The molecule has 1 aliphatic rings. The summed E-state index contributed by atoms with van der Waals surface area (Å²) in [7, 11) is 0. The summed E-state index contributed by atoms with van der Waals surface area (Å²) in [6.45, 7) is 0.747. The second-order valence-electron chi connectivity index (χ2n) is 3.75. The van der Waals surface area contributed by atoms with Crippen molar-refractivity contribution in [1.82, 2.24) is 9.55 Å². The fourth-order valence-corrected chi connectivity index (χ4v) is 2.01. The quantitative estimate of drug-likeness (QED) is 0.645. The molecule has 0 N–H and O–H groups in total. The van der Waals surface area contributed by atoms with Crippen LogP contribution < -0.4 is 0 Å². The molecule has 1 aliphatic heterocycles. The molecule has 2 aromatic rings. The molecule has 0 radical (unpaired) electrons. The summed E-state index contributed by atoms with van der Waals surface area (Å²) < 4.78 is 1.91. The van der Waals surface area contributed by atoms with Gasteiger partial charge in [0, 0.05) is 25.4 Å². The summed E-state index contributed by atoms with van der Waals surface area (Å²) in [5, 5.41) is 0. The first kappa shape index (κ1) is 8.41. The Bertz CT molecular complexity index is 528. The fourth-order valence-electron chi connectivity index (χ4n) is 2.01. The normalized spacial score (nSPS) is 14.3. The van der Waals surface area contributed by atoms with Crippen LogP contribution in [0.2, 0.25) is 0 Å². The monoisotopic (exact) mass is 198 g/mol. The third-order valence-corrected chi connectivity index (χ3v) is 2.77. The van der Waals surface area contributed by atoms with Gasteiger partial charge in [-0.15, -0.1) is 0 Å². The number of rotatable bonds is 0. The molecule has 0 fully saturated rings. The Hall–Kier alpha value is -1.90. The van der Waals surface area contributed by atoms with Crippen molar-refractivity contribution in [3.8, 4) is 0 Å². The van der Waals surface area contributed by atoms with E-state index in [0.717, 1.165) is 12.1 Å². The predicted octanol–water partition coefficient (Wildman–Crippen LogP) is 1.67. The Morgan fingerprint density at radius 2 is 2.00 bits per heavy atom. The van der Waals surface area contributed by atoms with Gasteiger partial charge >= 0.3 is 0 Å². The molecule has 0 aliphatic carbocycles. The second-order valence-corrected chi connectivity index (χ2v) is 3.75. The lowest BCUT2D eigenvalue weighted by atomic mass is 10.0.